The van der Waals surface area contributed by atoms with E-state index in [0.717, 1.165) is 79.3 Å². The van der Waals surface area contributed by atoms with E-state index >= 15 is 0 Å². The van der Waals surface area contributed by atoms with Crippen molar-refractivity contribution in [2.24, 2.45) is 0 Å². The molecule has 2 aliphatic rings. The van der Waals surface area contributed by atoms with Gasteiger partial charge < -0.3 is 34.7 Å². The summed E-state index contributed by atoms with van der Waals surface area (Å²) in [5.74, 6) is 1.67. The Hall–Kier alpha value is -4.40. The minimum Gasteiger partial charge on any atom is -0.494 e. The normalized spacial score (nSPS) is 16.1. The first-order valence-electron chi connectivity index (χ1n) is 18.2. The number of methoxy groups -OCH3 is 1. The summed E-state index contributed by atoms with van der Waals surface area (Å²) >= 11 is 3.62. The number of halogens is 1. The van der Waals surface area contributed by atoms with Crippen LogP contribution in [0.3, 0.4) is 0 Å². The number of H-pyrrole nitrogens is 1. The van der Waals surface area contributed by atoms with Gasteiger partial charge in [0.15, 0.2) is 0 Å². The molecule has 276 valence electrons. The third-order valence-electron chi connectivity index (χ3n) is 10.5. The fourth-order valence-electron chi connectivity index (χ4n) is 7.49. The van der Waals surface area contributed by atoms with Crippen LogP contribution >= 0.6 is 23.1 Å². The number of benzene rings is 3. The van der Waals surface area contributed by atoms with Crippen molar-refractivity contribution in [3.8, 4) is 23.1 Å². The van der Waals surface area contributed by atoms with Gasteiger partial charge in [0.1, 0.15) is 18.7 Å². The van der Waals surface area contributed by atoms with Crippen molar-refractivity contribution in [3.05, 3.63) is 76.4 Å². The number of nitrogens with one attached hydrogen (secondary N) is 3. The zero-order valence-electron chi connectivity index (χ0n) is 31.0. The van der Waals surface area contributed by atoms with Gasteiger partial charge in [-0.2, -0.15) is 10.2 Å². The van der Waals surface area contributed by atoms with Gasteiger partial charge in [0, 0.05) is 85.2 Å². The van der Waals surface area contributed by atoms with Gasteiger partial charge in [-0.1, -0.05) is 13.0 Å². The summed E-state index contributed by atoms with van der Waals surface area (Å²) in [6, 6.07) is 20.6. The molecule has 2 aromatic heterocycles. The van der Waals surface area contributed by atoms with Crippen LogP contribution in [0.1, 0.15) is 30.9 Å². The second kappa shape index (κ2) is 15.5. The standard InChI is InChI=1S/C40H47BrN9O2P/c1-6-27-20-35(37(52-3)23-36(27)50-13-11-30(12-14-50)49-17-15-48(2)16-18-49)46-40-43-25-31(41)39(47-40)45-33-10-8-28(22-38(33)53(4,5)51)34-21-29-19-26(24-42)7-9-32(29)44-34/h7-10,19-23,25,30,44H,6,11-18H2,1-5H3,(H2,43,45,46,47). The smallest absolute Gasteiger partial charge is 0.229 e. The summed E-state index contributed by atoms with van der Waals surface area (Å²) in [7, 11) is 1.17. The Labute approximate surface area is 320 Å². The number of piperazine rings is 1. The van der Waals surface area contributed by atoms with Crippen LogP contribution in [0.5, 0.6) is 5.75 Å². The topological polar surface area (TPSA) is 125 Å². The maximum Gasteiger partial charge on any atom is 0.229 e. The highest BCUT2D eigenvalue weighted by atomic mass is 79.9. The lowest BCUT2D eigenvalue weighted by Gasteiger charge is -2.43. The Morgan fingerprint density at radius 3 is 2.47 bits per heavy atom. The highest BCUT2D eigenvalue weighted by Crippen LogP contribution is 2.41. The molecule has 0 saturated carbocycles. The molecule has 11 nitrogen and oxygen atoms in total. The number of aromatic amines is 1. The van der Waals surface area contributed by atoms with Gasteiger partial charge in [-0.05, 0) is 109 Å². The molecule has 7 rings (SSSR count). The molecule has 2 saturated heterocycles. The molecule has 0 radical (unpaired) electrons. The van der Waals surface area contributed by atoms with E-state index in [0.29, 0.717) is 38.8 Å². The molecule has 2 fully saturated rings. The van der Waals surface area contributed by atoms with Crippen molar-refractivity contribution in [1.82, 2.24) is 24.8 Å². The summed E-state index contributed by atoms with van der Waals surface area (Å²) in [5, 5.41) is 17.8. The van der Waals surface area contributed by atoms with Crippen LogP contribution in [-0.4, -0.2) is 97.5 Å². The first-order valence-corrected chi connectivity index (χ1v) is 21.6. The Bertz CT molecular complexity index is 2210. The van der Waals surface area contributed by atoms with Gasteiger partial charge in [0.25, 0.3) is 0 Å². The number of piperidine rings is 1. The minimum absolute atomic E-state index is 0.404. The van der Waals surface area contributed by atoms with Crippen molar-refractivity contribution < 1.29 is 9.30 Å². The van der Waals surface area contributed by atoms with Crippen LogP contribution in [0.2, 0.25) is 0 Å². The first kappa shape index (κ1) is 36.9. The van der Waals surface area contributed by atoms with E-state index in [2.05, 4.69) is 83.4 Å². The number of aryl methyl sites for hydroxylation is 1. The maximum atomic E-state index is 13.7. The molecule has 5 aromatic rings. The van der Waals surface area contributed by atoms with Crippen LogP contribution in [0.4, 0.5) is 28.8 Å². The van der Waals surface area contributed by atoms with Crippen molar-refractivity contribution in [2.45, 2.75) is 32.2 Å². The number of aromatic nitrogens is 3. The van der Waals surface area contributed by atoms with E-state index < -0.39 is 7.14 Å². The number of rotatable bonds is 10. The third kappa shape index (κ3) is 8.09. The van der Waals surface area contributed by atoms with Gasteiger partial charge in [0.2, 0.25) is 5.95 Å². The molecule has 13 heteroatoms. The summed E-state index contributed by atoms with van der Waals surface area (Å²) in [4.78, 5) is 20.5. The number of fused-ring (bicyclic) bond motifs is 1. The van der Waals surface area contributed by atoms with Crippen molar-refractivity contribution in [3.63, 3.8) is 0 Å². The molecule has 0 spiro atoms. The summed E-state index contributed by atoms with van der Waals surface area (Å²) in [5.41, 5.74) is 7.28. The Balaban J connectivity index is 1.11. The van der Waals surface area contributed by atoms with Crippen LogP contribution in [-0.2, 0) is 11.0 Å². The summed E-state index contributed by atoms with van der Waals surface area (Å²) < 4.78 is 20.3. The van der Waals surface area contributed by atoms with Crippen LogP contribution < -0.4 is 25.6 Å². The van der Waals surface area contributed by atoms with E-state index in [9.17, 15) is 9.83 Å². The van der Waals surface area contributed by atoms with Crippen molar-refractivity contribution in [1.29, 1.82) is 5.26 Å². The van der Waals surface area contributed by atoms with Crippen LogP contribution in [0, 0.1) is 11.3 Å². The molecule has 2 aliphatic heterocycles. The Morgan fingerprint density at radius 2 is 1.77 bits per heavy atom. The quantitative estimate of drug-likeness (QED) is 0.121. The van der Waals surface area contributed by atoms with Gasteiger partial charge >= 0.3 is 0 Å². The molecule has 3 aromatic carbocycles. The van der Waals surface area contributed by atoms with Gasteiger partial charge in [-0.25, -0.2) is 4.98 Å². The fourth-order valence-corrected chi connectivity index (χ4v) is 8.94. The second-order valence-corrected chi connectivity index (χ2v) is 18.4. The monoisotopic (exact) mass is 795 g/mol. The average Bonchev–Trinajstić information content (AvgIpc) is 3.59. The average molecular weight is 797 g/mol. The Kier molecular flexibility index (Phi) is 10.8. The maximum absolute atomic E-state index is 13.7. The number of hydrogen-bond acceptors (Lipinski definition) is 10. The third-order valence-corrected chi connectivity index (χ3v) is 12.6. The molecule has 0 aliphatic carbocycles. The highest BCUT2D eigenvalue weighted by molar-refractivity contribution is 9.10. The predicted octanol–water partition coefficient (Wildman–Crippen LogP) is 7.78. The second-order valence-electron chi connectivity index (χ2n) is 14.4. The lowest BCUT2D eigenvalue weighted by atomic mass is 9.99. The summed E-state index contributed by atoms with van der Waals surface area (Å²) in [6.45, 7) is 12.4. The molecule has 0 unspecified atom stereocenters. The SMILES string of the molecule is CCc1cc(Nc2ncc(Br)c(Nc3ccc(-c4cc5cc(C#N)ccc5[nH]4)cc3P(C)(C)=O)n2)c(OC)cc1N1CCC(N2CCN(C)CC2)CC1. The van der Waals surface area contributed by atoms with E-state index in [1.807, 2.05) is 36.4 Å². The lowest BCUT2D eigenvalue weighted by molar-refractivity contribution is 0.0982. The number of anilines is 5. The molecule has 53 heavy (non-hydrogen) atoms. The van der Waals surface area contributed by atoms with E-state index in [4.69, 9.17) is 9.72 Å². The highest BCUT2D eigenvalue weighted by Gasteiger charge is 2.28. The summed E-state index contributed by atoms with van der Waals surface area (Å²) in [6.07, 6.45) is 4.92. The van der Waals surface area contributed by atoms with Gasteiger partial charge in [-0.3, -0.25) is 4.90 Å². The molecule has 3 N–H and O–H groups in total. The first-order chi connectivity index (χ1) is 25.5. The zero-order chi connectivity index (χ0) is 37.3. The molecule has 0 atom stereocenters. The predicted molar refractivity (Wildman–Crippen MR) is 221 cm³/mol. The number of nitriles is 1. The van der Waals surface area contributed by atoms with E-state index in [1.54, 1.807) is 32.7 Å². The molecular formula is C40H47BrN9O2P. The number of ether oxygens (including phenoxy) is 1. The molecule has 0 bridgehead atoms. The van der Waals surface area contributed by atoms with Crippen molar-refractivity contribution in [2.75, 3.05) is 82.3 Å². The van der Waals surface area contributed by atoms with Gasteiger partial charge in [-0.15, -0.1) is 0 Å². The molecular weight excluding hydrogens is 749 g/mol. The van der Waals surface area contributed by atoms with E-state index in [1.165, 1.54) is 24.1 Å². The van der Waals surface area contributed by atoms with Crippen LogP contribution in [0.25, 0.3) is 22.2 Å². The number of likely N-dealkylation sites (N-methyl/N-ethyl adjacent to an activating group) is 1. The van der Waals surface area contributed by atoms with Crippen molar-refractivity contribution >= 4 is 68.1 Å². The number of nitrogens with zero attached hydrogens (tertiary/aromatic N) is 6. The van der Waals surface area contributed by atoms with Crippen LogP contribution in [0.15, 0.2) is 65.3 Å². The van der Waals surface area contributed by atoms with E-state index in [-0.39, 0.29) is 0 Å². The van der Waals surface area contributed by atoms with Gasteiger partial charge in [0.05, 0.1) is 34.6 Å². The molecule has 0 amide bonds. The fraction of sp³-hybridized carbons (Fsp3) is 0.375. The Morgan fingerprint density at radius 1 is 1.00 bits per heavy atom. The molecule has 4 heterocycles. The minimum atomic E-state index is -2.74. The largest absolute Gasteiger partial charge is 0.494 e. The number of hydrogen-bond donors (Lipinski definition) is 3. The zero-order valence-corrected chi connectivity index (χ0v) is 33.5. The lowest BCUT2D eigenvalue weighted by Crippen LogP contribution is -2.52.